The molecule has 4 fully saturated rings. The van der Waals surface area contributed by atoms with E-state index in [0.717, 1.165) is 0 Å². The summed E-state index contributed by atoms with van der Waals surface area (Å²) in [5.74, 6) is -3.97. The second-order valence-corrected chi connectivity index (χ2v) is 13.3. The number of hydrogen-bond acceptors (Lipinski definition) is 10. The Morgan fingerprint density at radius 2 is 1.70 bits per heavy atom. The molecule has 2 bridgehead atoms. The fourth-order valence-corrected chi connectivity index (χ4v) is 8.79. The minimum Gasteiger partial charge on any atom is -0.456 e. The molecule has 0 amide bonds. The third kappa shape index (κ3) is 3.04. The van der Waals surface area contributed by atoms with Crippen molar-refractivity contribution in [1.82, 2.24) is 0 Å². The molecule has 2 aliphatic heterocycles. The van der Waals surface area contributed by atoms with Crippen LogP contribution in [0.5, 0.6) is 0 Å². The fourth-order valence-electron chi connectivity index (χ4n) is 8.79. The predicted octanol–water partition coefficient (Wildman–Crippen LogP) is 1.63. The molecule has 0 unspecified atom stereocenters. The lowest BCUT2D eigenvalue weighted by Crippen LogP contribution is -2.85. The summed E-state index contributed by atoms with van der Waals surface area (Å²) >= 11 is 0. The first kappa shape index (κ1) is 27.8. The van der Waals surface area contributed by atoms with E-state index in [2.05, 4.69) is 0 Å². The summed E-state index contributed by atoms with van der Waals surface area (Å²) in [6.45, 7) is 9.70. The van der Waals surface area contributed by atoms with E-state index in [-0.39, 0.29) is 25.0 Å². The molecule has 2 saturated heterocycles. The standard InChI is InChI=1S/C30H38O10/c1-15-17(31)13-28-20(15)30(36,24(35)39-25(28,2)3)27(6)18(32)12-19(38-23(34)16-10-8-7-9-11-16)29(21(27)22(28)33)14-37-26(4,5)40-29/h7-11,17-19,21-22,31-33,36H,12-14H2,1-6H3/t17-,18-,19-,21-,22-,27+,28-,29-,30-/m0/s1. The van der Waals surface area contributed by atoms with Crippen molar-refractivity contribution < 1.29 is 49.0 Å². The number of esters is 2. The van der Waals surface area contributed by atoms with Gasteiger partial charge in [0.15, 0.2) is 11.4 Å². The third-order valence-electron chi connectivity index (χ3n) is 10.7. The number of benzene rings is 1. The van der Waals surface area contributed by atoms with Crippen molar-refractivity contribution in [3.63, 3.8) is 0 Å². The molecular weight excluding hydrogens is 520 g/mol. The molecule has 3 aliphatic carbocycles. The van der Waals surface area contributed by atoms with Gasteiger partial charge in [0.25, 0.3) is 0 Å². The zero-order valence-corrected chi connectivity index (χ0v) is 23.6. The fraction of sp³-hybridized carbons (Fsp3) is 0.667. The molecular formula is C30H38O10. The highest BCUT2D eigenvalue weighted by Gasteiger charge is 2.86. The lowest BCUT2D eigenvalue weighted by atomic mass is 9.38. The molecule has 9 atom stereocenters. The van der Waals surface area contributed by atoms with Gasteiger partial charge in [-0.05, 0) is 64.3 Å². The number of fused-ring (bicyclic) bond motifs is 3. The molecule has 2 heterocycles. The van der Waals surface area contributed by atoms with Gasteiger partial charge in [0.05, 0.1) is 35.9 Å². The molecule has 218 valence electrons. The maximum absolute atomic E-state index is 13.9. The van der Waals surface area contributed by atoms with Gasteiger partial charge in [0.1, 0.15) is 17.3 Å². The summed E-state index contributed by atoms with van der Waals surface area (Å²) in [4.78, 5) is 27.2. The average molecular weight is 559 g/mol. The normalized spacial score (nSPS) is 46.5. The maximum atomic E-state index is 13.9. The van der Waals surface area contributed by atoms with Crippen LogP contribution in [-0.2, 0) is 23.7 Å². The Balaban J connectivity index is 1.59. The first-order valence-corrected chi connectivity index (χ1v) is 13.8. The molecule has 40 heavy (non-hydrogen) atoms. The van der Waals surface area contributed by atoms with Crippen LogP contribution in [-0.4, -0.2) is 86.0 Å². The first-order valence-electron chi connectivity index (χ1n) is 13.8. The second-order valence-electron chi connectivity index (χ2n) is 13.3. The molecule has 10 heteroatoms. The summed E-state index contributed by atoms with van der Waals surface area (Å²) < 4.78 is 24.5. The van der Waals surface area contributed by atoms with Crippen molar-refractivity contribution in [2.45, 2.75) is 101 Å². The SMILES string of the molecule is CC1=C2[C@]3(O)C(=O)OC(C)(C)[C@]2(C[C@@H]1O)[C@@H](O)[C@@H]1[C@]2(COC(C)(C)O2)[C@@H](OC(=O)c2ccccc2)C[C@H](O)[C@]13C. The van der Waals surface area contributed by atoms with Crippen molar-refractivity contribution in [3.8, 4) is 0 Å². The Bertz CT molecular complexity index is 1300. The molecule has 0 radical (unpaired) electrons. The van der Waals surface area contributed by atoms with Crippen LogP contribution in [0.2, 0.25) is 0 Å². The van der Waals surface area contributed by atoms with E-state index in [0.29, 0.717) is 11.1 Å². The number of carbonyl (C=O) groups excluding carboxylic acids is 2. The van der Waals surface area contributed by atoms with Crippen LogP contribution in [0.4, 0.5) is 0 Å². The van der Waals surface area contributed by atoms with Crippen molar-refractivity contribution in [1.29, 1.82) is 0 Å². The van der Waals surface area contributed by atoms with Gasteiger partial charge in [-0.3, -0.25) is 0 Å². The molecule has 1 spiro atoms. The van der Waals surface area contributed by atoms with Crippen LogP contribution in [0, 0.1) is 16.7 Å². The van der Waals surface area contributed by atoms with Gasteiger partial charge in [-0.2, -0.15) is 0 Å². The largest absolute Gasteiger partial charge is 0.456 e. The maximum Gasteiger partial charge on any atom is 0.343 e. The van der Waals surface area contributed by atoms with E-state index in [1.165, 1.54) is 6.92 Å². The summed E-state index contributed by atoms with van der Waals surface area (Å²) in [7, 11) is 0. The average Bonchev–Trinajstić information content (AvgIpc) is 3.35. The predicted molar refractivity (Wildman–Crippen MR) is 139 cm³/mol. The molecule has 6 rings (SSSR count). The lowest BCUT2D eigenvalue weighted by molar-refractivity contribution is -0.343. The monoisotopic (exact) mass is 558 g/mol. The zero-order chi connectivity index (χ0) is 29.3. The molecule has 4 N–H and O–H groups in total. The quantitative estimate of drug-likeness (QED) is 0.311. The minimum absolute atomic E-state index is 0.0185. The molecule has 1 aromatic carbocycles. The number of cyclic esters (lactones) is 1. The lowest BCUT2D eigenvalue weighted by Gasteiger charge is -2.71. The van der Waals surface area contributed by atoms with Crippen molar-refractivity contribution in [2.75, 3.05) is 6.61 Å². The van der Waals surface area contributed by atoms with E-state index in [4.69, 9.17) is 18.9 Å². The van der Waals surface area contributed by atoms with Crippen LogP contribution in [0.15, 0.2) is 41.5 Å². The van der Waals surface area contributed by atoms with E-state index < -0.39 is 75.7 Å². The van der Waals surface area contributed by atoms with Gasteiger partial charge in [-0.25, -0.2) is 9.59 Å². The topological polar surface area (TPSA) is 152 Å². The number of ether oxygens (including phenoxy) is 4. The number of aliphatic hydroxyl groups is 4. The van der Waals surface area contributed by atoms with E-state index in [1.54, 1.807) is 65.0 Å². The van der Waals surface area contributed by atoms with Crippen LogP contribution >= 0.6 is 0 Å². The first-order chi connectivity index (χ1) is 18.5. The van der Waals surface area contributed by atoms with E-state index >= 15 is 0 Å². The van der Waals surface area contributed by atoms with Gasteiger partial charge >= 0.3 is 11.9 Å². The molecule has 5 aliphatic rings. The molecule has 0 aromatic heterocycles. The van der Waals surface area contributed by atoms with E-state index in [1.807, 2.05) is 0 Å². The summed E-state index contributed by atoms with van der Waals surface area (Å²) in [5.41, 5.74) is -7.67. The highest BCUT2D eigenvalue weighted by molar-refractivity contribution is 5.90. The smallest absolute Gasteiger partial charge is 0.343 e. The van der Waals surface area contributed by atoms with Crippen molar-refractivity contribution in [2.24, 2.45) is 16.7 Å². The van der Waals surface area contributed by atoms with Crippen LogP contribution in [0.25, 0.3) is 0 Å². The molecule has 1 aromatic rings. The number of aliphatic hydroxyl groups excluding tert-OH is 3. The van der Waals surface area contributed by atoms with Gasteiger partial charge in [0.2, 0.25) is 0 Å². The highest BCUT2D eigenvalue weighted by Crippen LogP contribution is 2.74. The Labute approximate surface area is 232 Å². The number of hydrogen-bond donors (Lipinski definition) is 4. The van der Waals surface area contributed by atoms with Gasteiger partial charge in [-0.15, -0.1) is 0 Å². The summed E-state index contributed by atoms with van der Waals surface area (Å²) in [5, 5.41) is 48.1. The molecule has 2 saturated carbocycles. The van der Waals surface area contributed by atoms with Gasteiger partial charge in [0, 0.05) is 17.8 Å². The Morgan fingerprint density at radius 1 is 1.05 bits per heavy atom. The minimum atomic E-state index is -2.41. The number of rotatable bonds is 2. The third-order valence-corrected chi connectivity index (χ3v) is 10.7. The highest BCUT2D eigenvalue weighted by atomic mass is 16.8. The van der Waals surface area contributed by atoms with E-state index in [9.17, 15) is 30.0 Å². The summed E-state index contributed by atoms with van der Waals surface area (Å²) in [6.07, 6.45) is -5.26. The van der Waals surface area contributed by atoms with Crippen molar-refractivity contribution in [3.05, 3.63) is 47.0 Å². The van der Waals surface area contributed by atoms with Gasteiger partial charge < -0.3 is 39.4 Å². The number of carbonyl (C=O) groups is 2. The Hall–Kier alpha value is -2.34. The van der Waals surface area contributed by atoms with Crippen LogP contribution < -0.4 is 0 Å². The second kappa shape index (κ2) is 8.14. The zero-order valence-electron chi connectivity index (χ0n) is 23.6. The van der Waals surface area contributed by atoms with Gasteiger partial charge in [-0.1, -0.05) is 25.1 Å². The van der Waals surface area contributed by atoms with Crippen LogP contribution in [0.3, 0.4) is 0 Å². The van der Waals surface area contributed by atoms with Crippen molar-refractivity contribution >= 4 is 11.9 Å². The van der Waals surface area contributed by atoms with Crippen LogP contribution in [0.1, 0.15) is 64.7 Å². The summed E-state index contributed by atoms with van der Waals surface area (Å²) in [6, 6.07) is 8.38. The molecule has 10 nitrogen and oxygen atoms in total. The Kier molecular flexibility index (Phi) is 5.66. The Morgan fingerprint density at radius 3 is 2.30 bits per heavy atom.